The molecule has 0 amide bonds. The van der Waals surface area contributed by atoms with Crippen molar-refractivity contribution in [3.63, 3.8) is 0 Å². The lowest BCUT2D eigenvalue weighted by Crippen LogP contribution is -2.31. The Hall–Kier alpha value is -2.61. The molecule has 0 spiro atoms. The van der Waals surface area contributed by atoms with E-state index in [2.05, 4.69) is 94.9 Å². The Morgan fingerprint density at radius 3 is 2.41 bits per heavy atom. The number of furan rings is 1. The monoisotopic (exact) mass is 358 g/mol. The van der Waals surface area contributed by atoms with E-state index in [9.17, 15) is 0 Å². The molecular weight excluding hydrogens is 330 g/mol. The molecule has 0 unspecified atom stereocenters. The van der Waals surface area contributed by atoms with E-state index in [1.807, 2.05) is 0 Å². The molecule has 0 N–H and O–H groups in total. The first kappa shape index (κ1) is 17.8. The maximum absolute atomic E-state index is 6.38. The number of benzene rings is 2. The van der Waals surface area contributed by atoms with Crippen molar-refractivity contribution in [2.24, 2.45) is 12.5 Å². The molecule has 2 aromatic heterocycles. The van der Waals surface area contributed by atoms with Gasteiger partial charge >= 0.3 is 0 Å². The van der Waals surface area contributed by atoms with Crippen LogP contribution in [0.25, 0.3) is 33.2 Å². The molecule has 0 fully saturated rings. The third kappa shape index (κ3) is 3.25. The van der Waals surface area contributed by atoms with Crippen LogP contribution in [0.5, 0.6) is 0 Å². The summed E-state index contributed by atoms with van der Waals surface area (Å²) in [6.45, 7) is 11.1. The van der Waals surface area contributed by atoms with Crippen molar-refractivity contribution in [3.05, 3.63) is 65.4 Å². The van der Waals surface area contributed by atoms with Crippen LogP contribution in [0.15, 0.2) is 53.1 Å². The number of hydrogen-bond donors (Lipinski definition) is 0. The van der Waals surface area contributed by atoms with Crippen LogP contribution >= 0.6 is 0 Å². The highest BCUT2D eigenvalue weighted by Gasteiger charge is 2.22. The number of fused-ring (bicyclic) bond motifs is 3. The van der Waals surface area contributed by atoms with Gasteiger partial charge < -0.3 is 4.42 Å². The van der Waals surface area contributed by atoms with Gasteiger partial charge in [0.1, 0.15) is 18.2 Å². The lowest BCUT2D eigenvalue weighted by molar-refractivity contribution is -0.660. The zero-order chi connectivity index (χ0) is 19.3. The summed E-state index contributed by atoms with van der Waals surface area (Å²) in [7, 11) is 2.11. The SMILES string of the molecule is Cc1ccc2c(c1)oc1c(-c3cc(CC(C)(C)C)cc[n+]3C)c(C)ccc12. The van der Waals surface area contributed by atoms with Crippen LogP contribution in [0.2, 0.25) is 0 Å². The van der Waals surface area contributed by atoms with Crippen LogP contribution in [-0.2, 0) is 13.5 Å². The van der Waals surface area contributed by atoms with Gasteiger partial charge in [-0.25, -0.2) is 4.57 Å². The summed E-state index contributed by atoms with van der Waals surface area (Å²) in [5, 5.41) is 2.37. The molecule has 0 aliphatic rings. The average Bonchev–Trinajstić information content (AvgIpc) is 2.93. The zero-order valence-corrected chi connectivity index (χ0v) is 17.2. The molecule has 4 aromatic rings. The first-order valence-corrected chi connectivity index (χ1v) is 9.64. The van der Waals surface area contributed by atoms with Gasteiger partial charge in [0.15, 0.2) is 6.20 Å². The minimum atomic E-state index is 0.259. The average molecular weight is 359 g/mol. The normalized spacial score (nSPS) is 12.2. The molecule has 0 bridgehead atoms. The van der Waals surface area contributed by atoms with E-state index in [0.29, 0.717) is 0 Å². The minimum Gasteiger partial charge on any atom is -0.455 e. The van der Waals surface area contributed by atoms with E-state index in [-0.39, 0.29) is 5.41 Å². The predicted octanol–water partition coefficient (Wildman–Crippen LogP) is 6.28. The van der Waals surface area contributed by atoms with E-state index < -0.39 is 0 Å². The van der Waals surface area contributed by atoms with Gasteiger partial charge in [-0.1, -0.05) is 45.0 Å². The van der Waals surface area contributed by atoms with E-state index in [1.54, 1.807) is 0 Å². The quantitative estimate of drug-likeness (QED) is 0.385. The van der Waals surface area contributed by atoms with Crippen LogP contribution in [-0.4, -0.2) is 0 Å². The second-order valence-electron chi connectivity index (χ2n) is 9.00. The Morgan fingerprint density at radius 1 is 0.926 bits per heavy atom. The Bertz CT molecular complexity index is 1160. The fourth-order valence-corrected chi connectivity index (χ4v) is 3.95. The number of aromatic nitrogens is 1. The van der Waals surface area contributed by atoms with Crippen molar-refractivity contribution < 1.29 is 8.98 Å². The highest BCUT2D eigenvalue weighted by atomic mass is 16.3. The summed E-state index contributed by atoms with van der Waals surface area (Å²) in [5.74, 6) is 0. The second-order valence-corrected chi connectivity index (χ2v) is 9.00. The van der Waals surface area contributed by atoms with Crippen LogP contribution in [0.3, 0.4) is 0 Å². The molecule has 0 atom stereocenters. The smallest absolute Gasteiger partial charge is 0.216 e. The van der Waals surface area contributed by atoms with Crippen molar-refractivity contribution in [1.29, 1.82) is 0 Å². The number of aryl methyl sites for hydroxylation is 3. The van der Waals surface area contributed by atoms with Crippen LogP contribution in [0.4, 0.5) is 0 Å². The summed E-state index contributed by atoms with van der Waals surface area (Å²) in [4.78, 5) is 0. The Labute approximate surface area is 161 Å². The molecule has 138 valence electrons. The molecule has 27 heavy (non-hydrogen) atoms. The summed E-state index contributed by atoms with van der Waals surface area (Å²) in [5.41, 5.74) is 8.42. The summed E-state index contributed by atoms with van der Waals surface area (Å²) < 4.78 is 8.58. The number of hydrogen-bond acceptors (Lipinski definition) is 1. The van der Waals surface area contributed by atoms with E-state index in [1.165, 1.54) is 38.7 Å². The molecule has 2 aromatic carbocycles. The molecule has 0 aliphatic carbocycles. The van der Waals surface area contributed by atoms with Crippen LogP contribution < -0.4 is 4.57 Å². The van der Waals surface area contributed by atoms with Gasteiger partial charge in [0.05, 0.1) is 5.56 Å². The van der Waals surface area contributed by atoms with Crippen molar-refractivity contribution in [2.45, 2.75) is 41.0 Å². The van der Waals surface area contributed by atoms with Crippen molar-refractivity contribution in [2.75, 3.05) is 0 Å². The van der Waals surface area contributed by atoms with Crippen molar-refractivity contribution in [3.8, 4) is 11.3 Å². The first-order valence-electron chi connectivity index (χ1n) is 9.64. The molecule has 0 radical (unpaired) electrons. The second kappa shape index (κ2) is 6.23. The largest absolute Gasteiger partial charge is 0.455 e. The van der Waals surface area contributed by atoms with Gasteiger partial charge in [-0.3, -0.25) is 0 Å². The van der Waals surface area contributed by atoms with Gasteiger partial charge in [-0.05, 0) is 48.4 Å². The highest BCUT2D eigenvalue weighted by molar-refractivity contribution is 6.09. The van der Waals surface area contributed by atoms with E-state index in [4.69, 9.17) is 4.42 Å². The van der Waals surface area contributed by atoms with Crippen LogP contribution in [0, 0.1) is 19.3 Å². The predicted molar refractivity (Wildman–Crippen MR) is 113 cm³/mol. The minimum absolute atomic E-state index is 0.259. The van der Waals surface area contributed by atoms with Crippen LogP contribution in [0.1, 0.15) is 37.5 Å². The molecule has 2 heterocycles. The third-order valence-electron chi connectivity index (χ3n) is 5.21. The van der Waals surface area contributed by atoms with Gasteiger partial charge in [0.2, 0.25) is 5.69 Å². The molecule has 0 saturated carbocycles. The maximum Gasteiger partial charge on any atom is 0.216 e. The van der Waals surface area contributed by atoms with Gasteiger partial charge in [0.25, 0.3) is 0 Å². The van der Waals surface area contributed by atoms with Crippen molar-refractivity contribution in [1.82, 2.24) is 0 Å². The molecule has 2 heteroatoms. The third-order valence-corrected chi connectivity index (χ3v) is 5.21. The molecule has 0 saturated heterocycles. The highest BCUT2D eigenvalue weighted by Crippen LogP contribution is 2.37. The summed E-state index contributed by atoms with van der Waals surface area (Å²) >= 11 is 0. The number of nitrogens with zero attached hydrogens (tertiary/aromatic N) is 1. The Morgan fingerprint density at radius 2 is 1.67 bits per heavy atom. The number of pyridine rings is 1. The molecule has 2 nitrogen and oxygen atoms in total. The van der Waals surface area contributed by atoms with E-state index >= 15 is 0 Å². The summed E-state index contributed by atoms with van der Waals surface area (Å²) in [6, 6.07) is 15.4. The van der Waals surface area contributed by atoms with Crippen molar-refractivity contribution >= 4 is 21.9 Å². The number of rotatable bonds is 2. The zero-order valence-electron chi connectivity index (χ0n) is 17.2. The van der Waals surface area contributed by atoms with Gasteiger partial charge in [-0.2, -0.15) is 0 Å². The standard InChI is InChI=1S/C25H28NO/c1-16-7-9-19-20-10-8-17(2)23(24(20)27-22(19)13-16)21-14-18(11-12-26(21)6)15-25(3,4)5/h7-14H,15H2,1-6H3/q+1. The van der Waals surface area contributed by atoms with Gasteiger partial charge in [-0.15, -0.1) is 0 Å². The summed E-state index contributed by atoms with van der Waals surface area (Å²) in [6.07, 6.45) is 3.22. The Kier molecular flexibility index (Phi) is 4.10. The molecule has 4 rings (SSSR count). The van der Waals surface area contributed by atoms with Gasteiger partial charge in [0, 0.05) is 22.9 Å². The molecule has 0 aliphatic heterocycles. The first-order chi connectivity index (χ1) is 12.7. The lowest BCUT2D eigenvalue weighted by Gasteiger charge is -2.18. The topological polar surface area (TPSA) is 17.0 Å². The maximum atomic E-state index is 6.38. The van der Waals surface area contributed by atoms with E-state index in [0.717, 1.165) is 17.6 Å². The Balaban J connectivity index is 2.00. The fraction of sp³-hybridized carbons (Fsp3) is 0.320. The molecular formula is C25H28NO+. The fourth-order valence-electron chi connectivity index (χ4n) is 3.95. The lowest BCUT2D eigenvalue weighted by atomic mass is 9.88.